The van der Waals surface area contributed by atoms with Gasteiger partial charge in [0.05, 0.1) is 19.3 Å². The smallest absolute Gasteiger partial charge is 0.410 e. The highest BCUT2D eigenvalue weighted by molar-refractivity contribution is 5.88. The van der Waals surface area contributed by atoms with E-state index in [1.807, 2.05) is 30.3 Å². The van der Waals surface area contributed by atoms with Gasteiger partial charge in [0, 0.05) is 39.0 Å². The molecule has 38 heavy (non-hydrogen) atoms. The zero-order valence-electron chi connectivity index (χ0n) is 22.0. The van der Waals surface area contributed by atoms with Crippen LogP contribution in [0.25, 0.3) is 0 Å². The molecule has 2 heterocycles. The van der Waals surface area contributed by atoms with E-state index in [-0.39, 0.29) is 18.5 Å². The number of morpholine rings is 1. The summed E-state index contributed by atoms with van der Waals surface area (Å²) in [5, 5.41) is 16.0. The van der Waals surface area contributed by atoms with Gasteiger partial charge < -0.3 is 29.9 Å². The standard InChI is InChI=1S/C28H39N5O5/c29-21-28(11-13-33(14-12-28)27(36)38-20-23-9-5-2-6-10-23)31-25(34)24(19-22-7-3-1-4-8-22)30-26(35)32-15-17-37-18-16-32/h2,5-6,9-10,22,24H,1,3-4,7-8,11-20H2,(H,30,35)(H,31,34). The van der Waals surface area contributed by atoms with Crippen molar-refractivity contribution >= 4 is 18.0 Å². The van der Waals surface area contributed by atoms with Crippen LogP contribution >= 0.6 is 0 Å². The summed E-state index contributed by atoms with van der Waals surface area (Å²) in [6, 6.07) is 10.8. The van der Waals surface area contributed by atoms with Crippen LogP contribution in [0.3, 0.4) is 0 Å². The summed E-state index contributed by atoms with van der Waals surface area (Å²) in [6.45, 7) is 2.72. The van der Waals surface area contributed by atoms with Gasteiger partial charge in [0.1, 0.15) is 18.2 Å². The van der Waals surface area contributed by atoms with Gasteiger partial charge in [0.15, 0.2) is 0 Å². The maximum atomic E-state index is 13.5. The second-order valence-electron chi connectivity index (χ2n) is 10.6. The van der Waals surface area contributed by atoms with Gasteiger partial charge >= 0.3 is 12.1 Å². The Kier molecular flexibility index (Phi) is 9.82. The van der Waals surface area contributed by atoms with Gasteiger partial charge in [-0.3, -0.25) is 4.79 Å². The Labute approximate surface area is 224 Å². The normalized spacial score (nSPS) is 20.6. The highest BCUT2D eigenvalue weighted by atomic mass is 16.6. The number of carbonyl (C=O) groups excluding carboxylic acids is 3. The quantitative estimate of drug-likeness (QED) is 0.564. The zero-order chi connectivity index (χ0) is 26.8. The molecule has 1 aromatic rings. The number of nitriles is 1. The third-order valence-electron chi connectivity index (χ3n) is 7.86. The number of rotatable bonds is 7. The summed E-state index contributed by atoms with van der Waals surface area (Å²) in [5.74, 6) is 0.0302. The van der Waals surface area contributed by atoms with Gasteiger partial charge in [0.25, 0.3) is 0 Å². The second kappa shape index (κ2) is 13.5. The molecule has 1 saturated carbocycles. The van der Waals surface area contributed by atoms with Crippen LogP contribution < -0.4 is 10.6 Å². The lowest BCUT2D eigenvalue weighted by molar-refractivity contribution is -0.125. The number of hydrogen-bond acceptors (Lipinski definition) is 6. The summed E-state index contributed by atoms with van der Waals surface area (Å²) < 4.78 is 10.8. The van der Waals surface area contributed by atoms with Crippen molar-refractivity contribution in [2.75, 3.05) is 39.4 Å². The highest BCUT2D eigenvalue weighted by Crippen LogP contribution is 2.28. The highest BCUT2D eigenvalue weighted by Gasteiger charge is 2.40. The first-order valence-corrected chi connectivity index (χ1v) is 13.8. The molecule has 0 aromatic heterocycles. The molecule has 0 bridgehead atoms. The van der Waals surface area contributed by atoms with E-state index in [0.717, 1.165) is 31.2 Å². The third-order valence-corrected chi connectivity index (χ3v) is 7.86. The Morgan fingerprint density at radius 2 is 1.71 bits per heavy atom. The first-order chi connectivity index (χ1) is 18.5. The summed E-state index contributed by atoms with van der Waals surface area (Å²) in [4.78, 5) is 42.3. The molecular weight excluding hydrogens is 486 g/mol. The van der Waals surface area contributed by atoms with Crippen molar-refractivity contribution in [3.8, 4) is 6.07 Å². The second-order valence-corrected chi connectivity index (χ2v) is 10.6. The fourth-order valence-corrected chi connectivity index (χ4v) is 5.46. The minimum Gasteiger partial charge on any atom is -0.445 e. The molecule has 2 N–H and O–H groups in total. The molecular formula is C28H39N5O5. The summed E-state index contributed by atoms with van der Waals surface area (Å²) >= 11 is 0. The number of carbonyl (C=O) groups is 3. The molecule has 2 saturated heterocycles. The number of benzene rings is 1. The molecule has 10 heteroatoms. The van der Waals surface area contributed by atoms with Crippen LogP contribution in [0.1, 0.15) is 56.9 Å². The SMILES string of the molecule is N#CC1(NC(=O)C(CC2CCCCC2)NC(=O)N2CCOCC2)CCN(C(=O)OCc2ccccc2)CC1. The van der Waals surface area contributed by atoms with Crippen molar-refractivity contribution in [3.63, 3.8) is 0 Å². The van der Waals surface area contributed by atoms with Crippen LogP contribution in [0, 0.1) is 17.2 Å². The van der Waals surface area contributed by atoms with E-state index in [1.54, 1.807) is 9.80 Å². The maximum Gasteiger partial charge on any atom is 0.410 e. The fraction of sp³-hybridized carbons (Fsp3) is 0.643. The molecule has 0 spiro atoms. The lowest BCUT2D eigenvalue weighted by atomic mass is 9.84. The van der Waals surface area contributed by atoms with E-state index < -0.39 is 17.7 Å². The minimum atomic E-state index is -1.10. The van der Waals surface area contributed by atoms with Gasteiger partial charge in [0.2, 0.25) is 5.91 Å². The van der Waals surface area contributed by atoms with Crippen LogP contribution in [0.15, 0.2) is 30.3 Å². The monoisotopic (exact) mass is 525 g/mol. The number of nitrogens with one attached hydrogen (secondary N) is 2. The van der Waals surface area contributed by atoms with Crippen LogP contribution in [0.2, 0.25) is 0 Å². The number of hydrogen-bond donors (Lipinski definition) is 2. The topological polar surface area (TPSA) is 124 Å². The summed E-state index contributed by atoms with van der Waals surface area (Å²) in [5.41, 5.74) is -0.193. The molecule has 2 aliphatic heterocycles. The van der Waals surface area contributed by atoms with Gasteiger partial charge in [-0.05, 0) is 17.9 Å². The molecule has 0 radical (unpaired) electrons. The van der Waals surface area contributed by atoms with E-state index in [9.17, 15) is 19.6 Å². The molecule has 206 valence electrons. The molecule has 10 nitrogen and oxygen atoms in total. The van der Waals surface area contributed by atoms with Crippen molar-refractivity contribution in [2.24, 2.45) is 5.92 Å². The average molecular weight is 526 g/mol. The van der Waals surface area contributed by atoms with Crippen molar-refractivity contribution in [3.05, 3.63) is 35.9 Å². The lowest BCUT2D eigenvalue weighted by Crippen LogP contribution is -2.60. The van der Waals surface area contributed by atoms with Crippen molar-refractivity contribution < 1.29 is 23.9 Å². The van der Waals surface area contributed by atoms with Crippen LogP contribution in [0.4, 0.5) is 9.59 Å². The molecule has 1 aliphatic carbocycles. The maximum absolute atomic E-state index is 13.5. The first-order valence-electron chi connectivity index (χ1n) is 13.8. The van der Waals surface area contributed by atoms with E-state index in [0.29, 0.717) is 64.6 Å². The Bertz CT molecular complexity index is 977. The number of likely N-dealkylation sites (tertiary alicyclic amines) is 1. The van der Waals surface area contributed by atoms with Gasteiger partial charge in [-0.25, -0.2) is 9.59 Å². The van der Waals surface area contributed by atoms with Crippen molar-refractivity contribution in [1.82, 2.24) is 20.4 Å². The largest absolute Gasteiger partial charge is 0.445 e. The lowest BCUT2D eigenvalue weighted by Gasteiger charge is -2.38. The minimum absolute atomic E-state index is 0.183. The zero-order valence-corrected chi connectivity index (χ0v) is 22.0. The third kappa shape index (κ3) is 7.60. The van der Waals surface area contributed by atoms with E-state index in [4.69, 9.17) is 9.47 Å². The number of piperidine rings is 1. The molecule has 1 unspecified atom stereocenters. The molecule has 3 fully saturated rings. The molecule has 4 amide bonds. The Morgan fingerprint density at radius 1 is 1.03 bits per heavy atom. The van der Waals surface area contributed by atoms with Crippen molar-refractivity contribution in [1.29, 1.82) is 5.26 Å². The fourth-order valence-electron chi connectivity index (χ4n) is 5.46. The number of nitrogens with zero attached hydrogens (tertiary/aromatic N) is 3. The molecule has 3 aliphatic rings. The summed E-state index contributed by atoms with van der Waals surface area (Å²) in [6.07, 6.45) is 6.27. The average Bonchev–Trinajstić information content (AvgIpc) is 2.97. The Balaban J connectivity index is 1.34. The van der Waals surface area contributed by atoms with Gasteiger partial charge in [-0.15, -0.1) is 0 Å². The van der Waals surface area contributed by atoms with E-state index in [1.165, 1.54) is 6.42 Å². The van der Waals surface area contributed by atoms with E-state index in [2.05, 4.69) is 16.7 Å². The Morgan fingerprint density at radius 3 is 2.37 bits per heavy atom. The molecule has 4 rings (SSSR count). The summed E-state index contributed by atoms with van der Waals surface area (Å²) in [7, 11) is 0. The van der Waals surface area contributed by atoms with Crippen molar-refractivity contribution in [2.45, 2.75) is 69.6 Å². The van der Waals surface area contributed by atoms with Crippen LogP contribution in [-0.2, 0) is 20.9 Å². The van der Waals surface area contributed by atoms with Crippen LogP contribution in [0.5, 0.6) is 0 Å². The number of urea groups is 1. The predicted molar refractivity (Wildman–Crippen MR) is 140 cm³/mol. The number of ether oxygens (including phenoxy) is 2. The van der Waals surface area contributed by atoms with E-state index >= 15 is 0 Å². The van der Waals surface area contributed by atoms with Gasteiger partial charge in [-0.2, -0.15) is 5.26 Å². The molecule has 1 atom stereocenters. The molecule has 1 aromatic carbocycles. The Hall–Kier alpha value is -3.32. The number of amides is 4. The predicted octanol–water partition coefficient (Wildman–Crippen LogP) is 3.18. The first kappa shape index (κ1) is 27.7. The van der Waals surface area contributed by atoms with Gasteiger partial charge in [-0.1, -0.05) is 62.4 Å². The van der Waals surface area contributed by atoms with Crippen LogP contribution in [-0.4, -0.2) is 78.8 Å².